The highest BCUT2D eigenvalue weighted by molar-refractivity contribution is 7.47. The van der Waals surface area contributed by atoms with Crippen LogP contribution < -0.4 is 0 Å². The van der Waals surface area contributed by atoms with Gasteiger partial charge in [0.05, 0.1) is 26.4 Å². The summed E-state index contributed by atoms with van der Waals surface area (Å²) in [5, 5.41) is 10.6. The molecule has 0 radical (unpaired) electrons. The molecule has 0 saturated heterocycles. The van der Waals surface area contributed by atoms with Crippen molar-refractivity contribution in [1.82, 2.24) is 0 Å². The predicted molar refractivity (Wildman–Crippen MR) is 377 cm³/mol. The second kappa shape index (κ2) is 66.0. The number of hydrogen-bond donors (Lipinski definition) is 3. The molecule has 552 valence electrons. The van der Waals surface area contributed by atoms with Crippen LogP contribution in [-0.2, 0) is 65.4 Å². The first-order chi connectivity index (χ1) is 44.9. The van der Waals surface area contributed by atoms with Gasteiger partial charge in [-0.2, -0.15) is 0 Å². The molecule has 0 heterocycles. The molecule has 5 atom stereocenters. The van der Waals surface area contributed by atoms with E-state index in [1.165, 1.54) is 186 Å². The molecular formula is C74H144O17P2. The smallest absolute Gasteiger partial charge is 0.462 e. The fraction of sp³-hybridized carbons (Fsp3) is 0.946. The predicted octanol–water partition coefficient (Wildman–Crippen LogP) is 21.6. The van der Waals surface area contributed by atoms with Crippen LogP contribution in [0.1, 0.15) is 382 Å². The lowest BCUT2D eigenvalue weighted by Crippen LogP contribution is -2.30. The first-order valence-corrected chi connectivity index (χ1v) is 41.5. The minimum absolute atomic E-state index is 0.102. The highest BCUT2D eigenvalue weighted by Crippen LogP contribution is 2.45. The van der Waals surface area contributed by atoms with Gasteiger partial charge in [0, 0.05) is 25.7 Å². The van der Waals surface area contributed by atoms with E-state index < -0.39 is 97.5 Å². The van der Waals surface area contributed by atoms with Crippen LogP contribution in [0.25, 0.3) is 0 Å². The number of esters is 4. The van der Waals surface area contributed by atoms with E-state index in [4.69, 9.17) is 37.0 Å². The van der Waals surface area contributed by atoms with E-state index >= 15 is 0 Å². The standard InChI is InChI=1S/C74H144O17P2/c1-7-9-11-13-15-16-17-18-19-20-21-25-28-31-34-38-45-51-57-72(77)85-63-69(90-73(78)58-52-46-39-35-32-29-26-23-22-24-27-30-33-37-42-48-54-66(3)4)64-88-92(80,81)86-60-68(75)61-87-93(82,83)89-65-70(62-84-71(76)56-50-44-36-14-12-10-8-2)91-74(79)59-53-47-41-40-43-49-55-67(5)6/h66-70,75H,7-65H2,1-6H3,(H,80,81)(H,82,83)/t68-,69-,70-/m1/s1. The number of ether oxygens (including phenoxy) is 4. The van der Waals surface area contributed by atoms with Gasteiger partial charge in [-0.05, 0) is 37.5 Å². The van der Waals surface area contributed by atoms with Gasteiger partial charge >= 0.3 is 39.5 Å². The first kappa shape index (κ1) is 91.1. The molecule has 0 aromatic carbocycles. The van der Waals surface area contributed by atoms with Crippen molar-refractivity contribution in [2.75, 3.05) is 39.6 Å². The van der Waals surface area contributed by atoms with Gasteiger partial charge in [-0.25, -0.2) is 9.13 Å². The van der Waals surface area contributed by atoms with Gasteiger partial charge < -0.3 is 33.8 Å². The Hall–Kier alpha value is -1.94. The van der Waals surface area contributed by atoms with E-state index in [0.29, 0.717) is 31.6 Å². The van der Waals surface area contributed by atoms with Crippen LogP contribution >= 0.6 is 15.6 Å². The average molecular weight is 1370 g/mol. The van der Waals surface area contributed by atoms with E-state index in [1.807, 2.05) is 0 Å². The van der Waals surface area contributed by atoms with Gasteiger partial charge in [0.15, 0.2) is 12.2 Å². The molecule has 19 heteroatoms. The Labute approximate surface area is 568 Å². The van der Waals surface area contributed by atoms with Crippen molar-refractivity contribution in [3.63, 3.8) is 0 Å². The molecule has 17 nitrogen and oxygen atoms in total. The van der Waals surface area contributed by atoms with Crippen LogP contribution in [-0.4, -0.2) is 96.7 Å². The van der Waals surface area contributed by atoms with E-state index in [-0.39, 0.29) is 25.7 Å². The Balaban J connectivity index is 5.16. The van der Waals surface area contributed by atoms with Crippen molar-refractivity contribution in [3.05, 3.63) is 0 Å². The maximum Gasteiger partial charge on any atom is 0.472 e. The number of unbranched alkanes of at least 4 members (excludes halogenated alkanes) is 43. The molecule has 0 amide bonds. The lowest BCUT2D eigenvalue weighted by atomic mass is 10.0. The van der Waals surface area contributed by atoms with E-state index in [9.17, 15) is 43.2 Å². The van der Waals surface area contributed by atoms with Crippen molar-refractivity contribution in [1.29, 1.82) is 0 Å². The Bertz CT molecular complexity index is 1800. The van der Waals surface area contributed by atoms with Gasteiger partial charge in [-0.15, -0.1) is 0 Å². The molecule has 3 N–H and O–H groups in total. The molecule has 0 spiro atoms. The zero-order valence-electron chi connectivity index (χ0n) is 60.6. The monoisotopic (exact) mass is 1370 g/mol. The van der Waals surface area contributed by atoms with Crippen molar-refractivity contribution in [3.8, 4) is 0 Å². The summed E-state index contributed by atoms with van der Waals surface area (Å²) in [5.74, 6) is -0.649. The van der Waals surface area contributed by atoms with Crippen LogP contribution in [0.15, 0.2) is 0 Å². The highest BCUT2D eigenvalue weighted by atomic mass is 31.2. The molecule has 2 unspecified atom stereocenters. The minimum atomic E-state index is -4.95. The summed E-state index contributed by atoms with van der Waals surface area (Å²) in [6.45, 7) is 9.47. The second-order valence-electron chi connectivity index (χ2n) is 27.6. The van der Waals surface area contributed by atoms with Crippen LogP contribution in [0.3, 0.4) is 0 Å². The number of aliphatic hydroxyl groups is 1. The van der Waals surface area contributed by atoms with E-state index in [1.54, 1.807) is 0 Å². The van der Waals surface area contributed by atoms with Gasteiger partial charge in [-0.1, -0.05) is 330 Å². The maximum atomic E-state index is 13.1. The summed E-state index contributed by atoms with van der Waals surface area (Å²) in [5.41, 5.74) is 0. The number of phosphoric ester groups is 2. The van der Waals surface area contributed by atoms with Gasteiger partial charge in [0.1, 0.15) is 19.3 Å². The summed E-state index contributed by atoms with van der Waals surface area (Å²) in [7, 11) is -9.90. The molecule has 0 saturated carbocycles. The maximum absolute atomic E-state index is 13.1. The van der Waals surface area contributed by atoms with Crippen molar-refractivity contribution in [2.45, 2.75) is 400 Å². The Kier molecular flexibility index (Phi) is 64.6. The number of rotatable bonds is 73. The van der Waals surface area contributed by atoms with Gasteiger partial charge in [0.2, 0.25) is 0 Å². The number of aliphatic hydroxyl groups excluding tert-OH is 1. The third-order valence-electron chi connectivity index (χ3n) is 17.2. The number of hydrogen-bond acceptors (Lipinski definition) is 15. The zero-order valence-corrected chi connectivity index (χ0v) is 62.3. The van der Waals surface area contributed by atoms with E-state index in [2.05, 4.69) is 41.5 Å². The molecule has 0 fully saturated rings. The molecule has 0 rings (SSSR count). The largest absolute Gasteiger partial charge is 0.472 e. The average Bonchev–Trinajstić information content (AvgIpc) is 2.94. The molecular weight excluding hydrogens is 1220 g/mol. The quantitative estimate of drug-likeness (QED) is 0.0222. The molecule has 93 heavy (non-hydrogen) atoms. The second-order valence-corrected chi connectivity index (χ2v) is 30.5. The van der Waals surface area contributed by atoms with Gasteiger partial charge in [-0.3, -0.25) is 37.3 Å². The Morgan fingerprint density at radius 1 is 0.290 bits per heavy atom. The summed E-state index contributed by atoms with van der Waals surface area (Å²) in [6.07, 6.45) is 53.2. The van der Waals surface area contributed by atoms with Crippen molar-refractivity contribution >= 4 is 39.5 Å². The Morgan fingerprint density at radius 2 is 0.495 bits per heavy atom. The molecule has 0 aromatic rings. The zero-order chi connectivity index (χ0) is 68.6. The molecule has 0 bridgehead atoms. The fourth-order valence-corrected chi connectivity index (χ4v) is 12.9. The Morgan fingerprint density at radius 3 is 0.731 bits per heavy atom. The molecule has 0 aromatic heterocycles. The summed E-state index contributed by atoms with van der Waals surface area (Å²) in [4.78, 5) is 72.5. The number of carbonyl (C=O) groups is 4. The highest BCUT2D eigenvalue weighted by Gasteiger charge is 2.30. The van der Waals surface area contributed by atoms with Gasteiger partial charge in [0.25, 0.3) is 0 Å². The lowest BCUT2D eigenvalue weighted by molar-refractivity contribution is -0.161. The van der Waals surface area contributed by atoms with Crippen molar-refractivity contribution in [2.24, 2.45) is 11.8 Å². The number of phosphoric acid groups is 2. The van der Waals surface area contributed by atoms with Crippen LogP contribution in [0.5, 0.6) is 0 Å². The van der Waals surface area contributed by atoms with Crippen molar-refractivity contribution < 1.29 is 80.2 Å². The molecule has 0 aliphatic carbocycles. The van der Waals surface area contributed by atoms with Crippen LogP contribution in [0, 0.1) is 11.8 Å². The lowest BCUT2D eigenvalue weighted by Gasteiger charge is -2.21. The normalized spacial score (nSPS) is 14.1. The fourth-order valence-electron chi connectivity index (χ4n) is 11.3. The third-order valence-corrected chi connectivity index (χ3v) is 19.1. The summed E-state index contributed by atoms with van der Waals surface area (Å²) >= 11 is 0. The summed E-state index contributed by atoms with van der Waals surface area (Å²) < 4.78 is 68.3. The molecule has 0 aliphatic rings. The molecule has 0 aliphatic heterocycles. The number of carbonyl (C=O) groups excluding carboxylic acids is 4. The van der Waals surface area contributed by atoms with Crippen LogP contribution in [0.2, 0.25) is 0 Å². The topological polar surface area (TPSA) is 237 Å². The SMILES string of the molecule is CCCCCCCCCCCCCCCCCCCCC(=O)OC[C@H](COP(=O)(O)OC[C@@H](O)COP(=O)(O)OC[C@@H](COC(=O)CCCCCCCCC)OC(=O)CCCCCCCCC(C)C)OC(=O)CCCCCCCCCCCCCCCCCCC(C)C. The van der Waals surface area contributed by atoms with Crippen LogP contribution in [0.4, 0.5) is 0 Å². The van der Waals surface area contributed by atoms with E-state index in [0.717, 1.165) is 109 Å². The minimum Gasteiger partial charge on any atom is -0.462 e. The first-order valence-electron chi connectivity index (χ1n) is 38.5. The summed E-state index contributed by atoms with van der Waals surface area (Å²) in [6, 6.07) is 0. The third kappa shape index (κ3) is 68.4.